The summed E-state index contributed by atoms with van der Waals surface area (Å²) in [6.45, 7) is 2.75. The molecular formula is C18H26O2. The molecule has 0 atom stereocenters. The van der Waals surface area contributed by atoms with Crippen LogP contribution in [0.1, 0.15) is 51.0 Å². The van der Waals surface area contributed by atoms with Gasteiger partial charge in [-0.25, -0.2) is 4.79 Å². The highest BCUT2D eigenvalue weighted by Gasteiger charge is 1.97. The maximum atomic E-state index is 11.5. The van der Waals surface area contributed by atoms with E-state index in [2.05, 4.69) is 6.92 Å². The summed E-state index contributed by atoms with van der Waals surface area (Å²) in [4.78, 5) is 11.5. The SMILES string of the molecule is CCCCCCCCOC(=O)/C=C/Cc1ccccc1. The second kappa shape index (κ2) is 11.3. The molecule has 0 bridgehead atoms. The molecule has 2 nitrogen and oxygen atoms in total. The van der Waals surface area contributed by atoms with Crippen LogP contribution in [0.5, 0.6) is 0 Å². The summed E-state index contributed by atoms with van der Waals surface area (Å²) in [6, 6.07) is 10.1. The molecule has 0 heterocycles. The Morgan fingerprint density at radius 2 is 1.75 bits per heavy atom. The Morgan fingerprint density at radius 3 is 2.50 bits per heavy atom. The van der Waals surface area contributed by atoms with E-state index in [1.807, 2.05) is 36.4 Å². The molecule has 1 aromatic carbocycles. The first-order valence-corrected chi connectivity index (χ1v) is 7.70. The molecule has 110 valence electrons. The minimum absolute atomic E-state index is 0.227. The van der Waals surface area contributed by atoms with E-state index >= 15 is 0 Å². The third-order valence-electron chi connectivity index (χ3n) is 3.19. The topological polar surface area (TPSA) is 26.3 Å². The molecule has 0 fully saturated rings. The zero-order chi connectivity index (χ0) is 14.5. The van der Waals surface area contributed by atoms with Gasteiger partial charge in [-0.3, -0.25) is 0 Å². The van der Waals surface area contributed by atoms with E-state index in [0.29, 0.717) is 6.61 Å². The van der Waals surface area contributed by atoms with Gasteiger partial charge in [0, 0.05) is 6.08 Å². The van der Waals surface area contributed by atoms with Crippen molar-refractivity contribution >= 4 is 5.97 Å². The van der Waals surface area contributed by atoms with Crippen molar-refractivity contribution in [2.24, 2.45) is 0 Å². The number of allylic oxidation sites excluding steroid dienone is 1. The second-order valence-corrected chi connectivity index (χ2v) is 5.03. The van der Waals surface area contributed by atoms with Gasteiger partial charge >= 0.3 is 5.97 Å². The normalized spacial score (nSPS) is 10.8. The van der Waals surface area contributed by atoms with Crippen LogP contribution in [-0.4, -0.2) is 12.6 Å². The molecule has 0 unspecified atom stereocenters. The van der Waals surface area contributed by atoms with Gasteiger partial charge in [0.05, 0.1) is 6.61 Å². The number of rotatable bonds is 10. The van der Waals surface area contributed by atoms with Crippen LogP contribution in [0.3, 0.4) is 0 Å². The molecule has 2 heteroatoms. The number of esters is 1. The molecule has 0 radical (unpaired) electrons. The maximum Gasteiger partial charge on any atom is 0.330 e. The molecular weight excluding hydrogens is 248 g/mol. The highest BCUT2D eigenvalue weighted by atomic mass is 16.5. The van der Waals surface area contributed by atoms with Gasteiger partial charge in [0.15, 0.2) is 0 Å². The number of ether oxygens (including phenoxy) is 1. The van der Waals surface area contributed by atoms with Crippen LogP contribution in [0.4, 0.5) is 0 Å². The Hall–Kier alpha value is -1.57. The van der Waals surface area contributed by atoms with Crippen molar-refractivity contribution in [3.8, 4) is 0 Å². The van der Waals surface area contributed by atoms with Crippen LogP contribution in [0, 0.1) is 0 Å². The summed E-state index contributed by atoms with van der Waals surface area (Å²) >= 11 is 0. The predicted octanol–water partition coefficient (Wildman–Crippen LogP) is 4.69. The Bertz CT molecular complexity index is 382. The summed E-state index contributed by atoms with van der Waals surface area (Å²) in [7, 11) is 0. The van der Waals surface area contributed by atoms with E-state index in [-0.39, 0.29) is 5.97 Å². The molecule has 20 heavy (non-hydrogen) atoms. The third kappa shape index (κ3) is 8.52. The van der Waals surface area contributed by atoms with Gasteiger partial charge in [0.25, 0.3) is 0 Å². The molecule has 0 saturated carbocycles. The first-order valence-electron chi connectivity index (χ1n) is 7.70. The Morgan fingerprint density at radius 1 is 1.05 bits per heavy atom. The van der Waals surface area contributed by atoms with Crippen LogP contribution in [0.2, 0.25) is 0 Å². The van der Waals surface area contributed by atoms with Gasteiger partial charge in [-0.1, -0.05) is 75.4 Å². The van der Waals surface area contributed by atoms with E-state index in [1.165, 1.54) is 37.3 Å². The zero-order valence-electron chi connectivity index (χ0n) is 12.5. The smallest absolute Gasteiger partial charge is 0.330 e. The van der Waals surface area contributed by atoms with Crippen LogP contribution in [0.25, 0.3) is 0 Å². The van der Waals surface area contributed by atoms with Crippen molar-refractivity contribution < 1.29 is 9.53 Å². The van der Waals surface area contributed by atoms with Gasteiger partial charge in [0.2, 0.25) is 0 Å². The average molecular weight is 274 g/mol. The highest BCUT2D eigenvalue weighted by Crippen LogP contribution is 2.05. The highest BCUT2D eigenvalue weighted by molar-refractivity contribution is 5.81. The van der Waals surface area contributed by atoms with E-state index < -0.39 is 0 Å². The van der Waals surface area contributed by atoms with E-state index in [4.69, 9.17) is 4.74 Å². The minimum atomic E-state index is -0.227. The number of unbranched alkanes of at least 4 members (excludes halogenated alkanes) is 5. The number of carbonyl (C=O) groups excluding carboxylic acids is 1. The molecule has 0 aromatic heterocycles. The van der Waals surface area contributed by atoms with Gasteiger partial charge in [-0.2, -0.15) is 0 Å². The fourth-order valence-electron chi connectivity index (χ4n) is 2.01. The first kappa shape index (κ1) is 16.5. The zero-order valence-corrected chi connectivity index (χ0v) is 12.5. The quantitative estimate of drug-likeness (QED) is 0.351. The fraction of sp³-hybridized carbons (Fsp3) is 0.500. The van der Waals surface area contributed by atoms with Crippen LogP contribution >= 0.6 is 0 Å². The summed E-state index contributed by atoms with van der Waals surface area (Å²) in [5, 5.41) is 0. The van der Waals surface area contributed by atoms with Crippen molar-refractivity contribution in [1.29, 1.82) is 0 Å². The largest absolute Gasteiger partial charge is 0.463 e. The number of hydrogen-bond donors (Lipinski definition) is 0. The lowest BCUT2D eigenvalue weighted by Gasteiger charge is -2.02. The molecule has 0 aliphatic rings. The van der Waals surface area contributed by atoms with Crippen molar-refractivity contribution in [3.63, 3.8) is 0 Å². The maximum absolute atomic E-state index is 11.5. The van der Waals surface area contributed by atoms with E-state index in [9.17, 15) is 4.79 Å². The fourth-order valence-corrected chi connectivity index (χ4v) is 2.01. The van der Waals surface area contributed by atoms with Gasteiger partial charge in [0.1, 0.15) is 0 Å². The van der Waals surface area contributed by atoms with Gasteiger partial charge in [-0.05, 0) is 18.4 Å². The summed E-state index contributed by atoms with van der Waals surface area (Å²) in [6.07, 6.45) is 11.4. The van der Waals surface area contributed by atoms with Crippen LogP contribution in [-0.2, 0) is 16.0 Å². The molecule has 0 N–H and O–H groups in total. The van der Waals surface area contributed by atoms with Gasteiger partial charge in [-0.15, -0.1) is 0 Å². The van der Waals surface area contributed by atoms with Crippen molar-refractivity contribution in [1.82, 2.24) is 0 Å². The molecule has 0 spiro atoms. The first-order chi connectivity index (χ1) is 9.83. The molecule has 0 saturated heterocycles. The summed E-state index contributed by atoms with van der Waals surface area (Å²) in [5.74, 6) is -0.227. The third-order valence-corrected chi connectivity index (χ3v) is 3.19. The number of carbonyl (C=O) groups is 1. The van der Waals surface area contributed by atoms with Gasteiger partial charge < -0.3 is 4.74 Å². The van der Waals surface area contributed by atoms with Crippen LogP contribution in [0.15, 0.2) is 42.5 Å². The predicted molar refractivity (Wildman–Crippen MR) is 83.6 cm³/mol. The Kier molecular flexibility index (Phi) is 9.29. The Balaban J connectivity index is 2.02. The lowest BCUT2D eigenvalue weighted by Crippen LogP contribution is -2.02. The lowest BCUT2D eigenvalue weighted by atomic mass is 10.1. The monoisotopic (exact) mass is 274 g/mol. The molecule has 0 amide bonds. The van der Waals surface area contributed by atoms with Crippen LogP contribution < -0.4 is 0 Å². The van der Waals surface area contributed by atoms with E-state index in [0.717, 1.165) is 19.3 Å². The van der Waals surface area contributed by atoms with Crippen molar-refractivity contribution in [3.05, 3.63) is 48.0 Å². The Labute approximate surface area is 122 Å². The molecule has 1 aromatic rings. The number of hydrogen-bond acceptors (Lipinski definition) is 2. The molecule has 1 rings (SSSR count). The summed E-state index contributed by atoms with van der Waals surface area (Å²) in [5.41, 5.74) is 1.20. The number of benzene rings is 1. The van der Waals surface area contributed by atoms with Crippen molar-refractivity contribution in [2.45, 2.75) is 51.9 Å². The summed E-state index contributed by atoms with van der Waals surface area (Å²) < 4.78 is 5.16. The second-order valence-electron chi connectivity index (χ2n) is 5.03. The molecule has 0 aliphatic carbocycles. The van der Waals surface area contributed by atoms with E-state index in [1.54, 1.807) is 0 Å². The average Bonchev–Trinajstić information content (AvgIpc) is 2.47. The van der Waals surface area contributed by atoms with Crippen molar-refractivity contribution in [2.75, 3.05) is 6.61 Å². The minimum Gasteiger partial charge on any atom is -0.463 e. The standard InChI is InChI=1S/C18H26O2/c1-2-3-4-5-6-10-16-20-18(19)15-11-14-17-12-8-7-9-13-17/h7-9,11-13,15H,2-6,10,14,16H2,1H3/b15-11+. The molecule has 0 aliphatic heterocycles. The lowest BCUT2D eigenvalue weighted by molar-refractivity contribution is -0.137.